The van der Waals surface area contributed by atoms with Crippen molar-refractivity contribution < 1.29 is 29.0 Å². The lowest BCUT2D eigenvalue weighted by atomic mass is 9.98. The molecule has 10 nitrogen and oxygen atoms in total. The number of ketones is 1. The Kier molecular flexibility index (Phi) is 8.96. The molecule has 0 aromatic heterocycles. The molecule has 0 bridgehead atoms. The number of carbonyl (C=O) groups is 4. The third-order valence-electron chi connectivity index (χ3n) is 7.98. The van der Waals surface area contributed by atoms with E-state index < -0.39 is 29.6 Å². The van der Waals surface area contributed by atoms with Gasteiger partial charge in [-0.25, -0.2) is 0 Å². The van der Waals surface area contributed by atoms with E-state index in [9.17, 15) is 24.3 Å². The van der Waals surface area contributed by atoms with Gasteiger partial charge in [0.25, 0.3) is 11.8 Å². The van der Waals surface area contributed by atoms with Gasteiger partial charge in [-0.1, -0.05) is 27.2 Å². The summed E-state index contributed by atoms with van der Waals surface area (Å²) in [6, 6.07) is 5.32. The Hall–Kier alpha value is -2.98. The predicted molar refractivity (Wildman–Crippen MR) is 146 cm³/mol. The molecule has 0 spiro atoms. The van der Waals surface area contributed by atoms with Crippen molar-refractivity contribution in [2.75, 3.05) is 44.3 Å². The van der Waals surface area contributed by atoms with Gasteiger partial charge in [0.2, 0.25) is 5.91 Å². The van der Waals surface area contributed by atoms with Crippen LogP contribution < -0.4 is 10.2 Å². The van der Waals surface area contributed by atoms with Crippen molar-refractivity contribution in [1.82, 2.24) is 15.1 Å². The lowest BCUT2D eigenvalue weighted by Gasteiger charge is -2.31. The maximum Gasteiger partial charge on any atom is 0.254 e. The van der Waals surface area contributed by atoms with Crippen LogP contribution in [-0.2, 0) is 19.1 Å². The smallest absolute Gasteiger partial charge is 0.254 e. The van der Waals surface area contributed by atoms with Crippen molar-refractivity contribution in [3.63, 3.8) is 0 Å². The van der Waals surface area contributed by atoms with E-state index in [-0.39, 0.29) is 30.1 Å². The maximum atomic E-state index is 13.8. The van der Waals surface area contributed by atoms with Gasteiger partial charge >= 0.3 is 0 Å². The number of fused-ring (bicyclic) bond motifs is 1. The Bertz CT molecular complexity index is 1070. The minimum absolute atomic E-state index is 0.117. The number of rotatable bonds is 9. The molecule has 4 rings (SSSR count). The Morgan fingerprint density at radius 1 is 1.10 bits per heavy atom. The standard InChI is InChI=1S/C29H42N4O6/c1-5-11-29(4,38)28(37)33-18-24(34)25-23(33)10-12-32(25)27(36)22(17-19(2)3)30-26(35)20-6-8-21(9-7-20)31-13-15-39-16-14-31/h6-9,19,22-23,25,38H,5,10-18H2,1-4H3,(H,30,35). The van der Waals surface area contributed by atoms with Crippen LogP contribution in [0, 0.1) is 5.92 Å². The van der Waals surface area contributed by atoms with Gasteiger partial charge in [-0.3, -0.25) is 19.2 Å². The number of Topliss-reactive ketones (excluding diaryl/α,β-unsaturated/α-hetero) is 1. The average Bonchev–Trinajstić information content (AvgIpc) is 3.49. The van der Waals surface area contributed by atoms with Gasteiger partial charge < -0.3 is 29.9 Å². The Morgan fingerprint density at radius 3 is 2.38 bits per heavy atom. The summed E-state index contributed by atoms with van der Waals surface area (Å²) >= 11 is 0. The molecule has 3 heterocycles. The number of anilines is 1. The molecule has 214 valence electrons. The third kappa shape index (κ3) is 6.27. The summed E-state index contributed by atoms with van der Waals surface area (Å²) < 4.78 is 5.40. The molecule has 0 aliphatic carbocycles. The Balaban J connectivity index is 1.46. The molecule has 10 heteroatoms. The monoisotopic (exact) mass is 542 g/mol. The van der Waals surface area contributed by atoms with E-state index in [1.165, 1.54) is 16.7 Å². The highest BCUT2D eigenvalue weighted by atomic mass is 16.5. The normalized spacial score (nSPS) is 23.5. The Labute approximate surface area is 230 Å². The molecular formula is C29H42N4O6. The maximum absolute atomic E-state index is 13.8. The zero-order chi connectivity index (χ0) is 28.3. The summed E-state index contributed by atoms with van der Waals surface area (Å²) in [4.78, 5) is 58.3. The van der Waals surface area contributed by atoms with Crippen molar-refractivity contribution in [2.45, 2.75) is 77.1 Å². The van der Waals surface area contributed by atoms with E-state index in [1.807, 2.05) is 32.9 Å². The number of nitrogens with zero attached hydrogens (tertiary/aromatic N) is 3. The van der Waals surface area contributed by atoms with Gasteiger partial charge in [0, 0.05) is 30.9 Å². The second kappa shape index (κ2) is 12.0. The molecule has 3 amide bonds. The Morgan fingerprint density at radius 2 is 1.77 bits per heavy atom. The molecule has 3 aliphatic heterocycles. The molecule has 3 saturated heterocycles. The van der Waals surface area contributed by atoms with E-state index in [0.717, 1.165) is 18.8 Å². The van der Waals surface area contributed by atoms with Crippen LogP contribution in [0.4, 0.5) is 5.69 Å². The SMILES string of the molecule is CCCC(C)(O)C(=O)N1CC(=O)C2C1CCN2C(=O)C(CC(C)C)NC(=O)c1ccc(N2CCOCC2)cc1. The molecule has 39 heavy (non-hydrogen) atoms. The second-order valence-electron chi connectivity index (χ2n) is 11.6. The first kappa shape index (κ1) is 29.0. The largest absolute Gasteiger partial charge is 0.380 e. The number of hydrogen-bond acceptors (Lipinski definition) is 7. The first-order valence-electron chi connectivity index (χ1n) is 14.1. The number of benzene rings is 1. The molecule has 3 aliphatic rings. The van der Waals surface area contributed by atoms with E-state index in [1.54, 1.807) is 12.1 Å². The van der Waals surface area contributed by atoms with Crippen LogP contribution in [0.25, 0.3) is 0 Å². The summed E-state index contributed by atoms with van der Waals surface area (Å²) in [5, 5.41) is 13.6. The minimum Gasteiger partial charge on any atom is -0.380 e. The van der Waals surface area contributed by atoms with Gasteiger partial charge in [0.15, 0.2) is 5.78 Å². The van der Waals surface area contributed by atoms with Crippen molar-refractivity contribution in [3.8, 4) is 0 Å². The van der Waals surface area contributed by atoms with Gasteiger partial charge in [0.1, 0.15) is 17.7 Å². The quantitative estimate of drug-likeness (QED) is 0.487. The fourth-order valence-corrected chi connectivity index (χ4v) is 6.02. The zero-order valence-corrected chi connectivity index (χ0v) is 23.5. The summed E-state index contributed by atoms with van der Waals surface area (Å²) in [7, 11) is 0. The zero-order valence-electron chi connectivity index (χ0n) is 23.5. The molecule has 1 aromatic carbocycles. The number of ether oxygens (including phenoxy) is 1. The van der Waals surface area contributed by atoms with E-state index >= 15 is 0 Å². The number of likely N-dealkylation sites (tertiary alicyclic amines) is 2. The minimum atomic E-state index is -1.55. The lowest BCUT2D eigenvalue weighted by Crippen LogP contribution is -2.53. The summed E-state index contributed by atoms with van der Waals surface area (Å²) in [5.74, 6) is -1.20. The lowest BCUT2D eigenvalue weighted by molar-refractivity contribution is -0.151. The number of nitrogens with one attached hydrogen (secondary N) is 1. The highest BCUT2D eigenvalue weighted by Crippen LogP contribution is 2.33. The molecule has 1 aromatic rings. The van der Waals surface area contributed by atoms with Gasteiger partial charge in [-0.15, -0.1) is 0 Å². The molecule has 3 fully saturated rings. The molecular weight excluding hydrogens is 500 g/mol. The van der Waals surface area contributed by atoms with Crippen LogP contribution in [0.15, 0.2) is 24.3 Å². The van der Waals surface area contributed by atoms with E-state index in [2.05, 4.69) is 10.2 Å². The van der Waals surface area contributed by atoms with Crippen molar-refractivity contribution in [2.24, 2.45) is 5.92 Å². The van der Waals surface area contributed by atoms with Crippen molar-refractivity contribution >= 4 is 29.2 Å². The van der Waals surface area contributed by atoms with Crippen LogP contribution in [0.5, 0.6) is 0 Å². The molecule has 4 atom stereocenters. The average molecular weight is 543 g/mol. The van der Waals surface area contributed by atoms with Crippen LogP contribution >= 0.6 is 0 Å². The highest BCUT2D eigenvalue weighted by molar-refractivity contribution is 6.01. The summed E-state index contributed by atoms with van der Waals surface area (Å²) in [6.45, 7) is 10.5. The summed E-state index contributed by atoms with van der Waals surface area (Å²) in [6.07, 6.45) is 1.81. The molecule has 2 N–H and O–H groups in total. The highest BCUT2D eigenvalue weighted by Gasteiger charge is 2.54. The number of amides is 3. The van der Waals surface area contributed by atoms with Crippen molar-refractivity contribution in [1.29, 1.82) is 0 Å². The van der Waals surface area contributed by atoms with E-state index in [4.69, 9.17) is 4.74 Å². The van der Waals surface area contributed by atoms with E-state index in [0.29, 0.717) is 51.0 Å². The van der Waals surface area contributed by atoms with Crippen LogP contribution in [-0.4, -0.2) is 102 Å². The molecule has 0 radical (unpaired) electrons. The second-order valence-corrected chi connectivity index (χ2v) is 11.6. The van der Waals surface area contributed by atoms with Crippen molar-refractivity contribution in [3.05, 3.63) is 29.8 Å². The first-order chi connectivity index (χ1) is 18.5. The first-order valence-corrected chi connectivity index (χ1v) is 14.1. The molecule has 0 saturated carbocycles. The third-order valence-corrected chi connectivity index (χ3v) is 7.98. The fraction of sp³-hybridized carbons (Fsp3) is 0.655. The topological polar surface area (TPSA) is 119 Å². The van der Waals surface area contributed by atoms with Crippen LogP contribution in [0.2, 0.25) is 0 Å². The predicted octanol–water partition coefficient (Wildman–Crippen LogP) is 1.60. The number of morpholine rings is 1. The van der Waals surface area contributed by atoms with Crippen LogP contribution in [0.3, 0.4) is 0 Å². The summed E-state index contributed by atoms with van der Waals surface area (Å²) in [5.41, 5.74) is -0.0726. The van der Waals surface area contributed by atoms with Gasteiger partial charge in [-0.05, 0) is 56.4 Å². The molecule has 4 unspecified atom stereocenters. The van der Waals surface area contributed by atoms with Gasteiger partial charge in [-0.2, -0.15) is 0 Å². The van der Waals surface area contributed by atoms with Crippen LogP contribution in [0.1, 0.15) is 63.7 Å². The van der Waals surface area contributed by atoms with Gasteiger partial charge in [0.05, 0.1) is 25.8 Å². The number of aliphatic hydroxyl groups is 1. The number of carbonyl (C=O) groups excluding carboxylic acids is 4. The fourth-order valence-electron chi connectivity index (χ4n) is 6.02. The number of hydrogen-bond donors (Lipinski definition) is 2.